The summed E-state index contributed by atoms with van der Waals surface area (Å²) in [6.07, 6.45) is 2.89. The minimum Gasteiger partial charge on any atom is -0.457 e. The van der Waals surface area contributed by atoms with Crippen LogP contribution < -0.4 is 18.9 Å². The van der Waals surface area contributed by atoms with E-state index < -0.39 is 10.2 Å². The van der Waals surface area contributed by atoms with Gasteiger partial charge in [-0.05, 0) is 49.2 Å². The average Bonchev–Trinajstić information content (AvgIpc) is 3.12. The van der Waals surface area contributed by atoms with Crippen molar-refractivity contribution in [2.75, 3.05) is 24.6 Å². The Kier molecular flexibility index (Phi) is 4.60. The average molecular weight is 376 g/mol. The molecule has 138 valence electrons. The van der Waals surface area contributed by atoms with E-state index in [1.807, 2.05) is 0 Å². The maximum absolute atomic E-state index is 12.4. The second-order valence-electron chi connectivity index (χ2n) is 6.21. The van der Waals surface area contributed by atoms with E-state index in [4.69, 9.17) is 14.2 Å². The summed E-state index contributed by atoms with van der Waals surface area (Å²) >= 11 is 0. The van der Waals surface area contributed by atoms with Crippen LogP contribution in [0.15, 0.2) is 42.5 Å². The molecule has 2 aliphatic rings. The van der Waals surface area contributed by atoms with E-state index in [1.54, 1.807) is 42.5 Å². The molecule has 0 unspecified atom stereocenters. The van der Waals surface area contributed by atoms with Gasteiger partial charge in [-0.1, -0.05) is 6.42 Å². The van der Waals surface area contributed by atoms with E-state index in [9.17, 15) is 8.42 Å². The molecule has 0 amide bonds. The zero-order chi connectivity index (χ0) is 18.0. The van der Waals surface area contributed by atoms with Gasteiger partial charge in [0.1, 0.15) is 11.5 Å². The molecule has 2 heterocycles. The maximum atomic E-state index is 12.4. The number of benzene rings is 2. The highest BCUT2D eigenvalue weighted by Crippen LogP contribution is 2.36. The van der Waals surface area contributed by atoms with Crippen LogP contribution in [0.2, 0.25) is 0 Å². The molecular formula is C18H20N2O5S. The van der Waals surface area contributed by atoms with Crippen LogP contribution in [0.5, 0.6) is 23.0 Å². The normalized spacial score (nSPS) is 17.1. The number of hydrogen-bond donors (Lipinski definition) is 1. The van der Waals surface area contributed by atoms with E-state index in [2.05, 4.69) is 4.72 Å². The lowest BCUT2D eigenvalue weighted by Crippen LogP contribution is -2.39. The fourth-order valence-electron chi connectivity index (χ4n) is 2.99. The van der Waals surface area contributed by atoms with Crippen LogP contribution in [0, 0.1) is 0 Å². The van der Waals surface area contributed by atoms with Crippen LogP contribution >= 0.6 is 0 Å². The third-order valence-electron chi connectivity index (χ3n) is 4.34. The van der Waals surface area contributed by atoms with Crippen molar-refractivity contribution in [2.45, 2.75) is 19.3 Å². The topological polar surface area (TPSA) is 77.1 Å². The highest BCUT2D eigenvalue weighted by molar-refractivity contribution is 7.90. The van der Waals surface area contributed by atoms with Crippen molar-refractivity contribution in [1.82, 2.24) is 4.31 Å². The molecule has 7 nitrogen and oxygen atoms in total. The molecule has 4 rings (SSSR count). The number of ether oxygens (including phenoxy) is 3. The Balaban J connectivity index is 1.42. The van der Waals surface area contributed by atoms with Gasteiger partial charge < -0.3 is 14.2 Å². The van der Waals surface area contributed by atoms with Crippen LogP contribution in [-0.2, 0) is 10.2 Å². The fraction of sp³-hybridized carbons (Fsp3) is 0.333. The first-order valence-corrected chi connectivity index (χ1v) is 10.00. The predicted octanol–water partition coefficient (Wildman–Crippen LogP) is 3.35. The number of rotatable bonds is 5. The minimum atomic E-state index is -3.50. The third-order valence-corrected chi connectivity index (χ3v) is 5.87. The van der Waals surface area contributed by atoms with Crippen molar-refractivity contribution < 1.29 is 22.6 Å². The largest absolute Gasteiger partial charge is 0.457 e. The number of hydrogen-bond acceptors (Lipinski definition) is 5. The quantitative estimate of drug-likeness (QED) is 0.866. The third kappa shape index (κ3) is 3.71. The second kappa shape index (κ2) is 7.05. The Bertz CT molecular complexity index is 877. The molecule has 0 atom stereocenters. The minimum absolute atomic E-state index is 0.213. The summed E-state index contributed by atoms with van der Waals surface area (Å²) in [6, 6.07) is 12.2. The lowest BCUT2D eigenvalue weighted by atomic mass is 10.2. The lowest BCUT2D eigenvalue weighted by Gasteiger charge is -2.26. The number of anilines is 1. The molecule has 2 aromatic rings. The summed E-state index contributed by atoms with van der Waals surface area (Å²) in [5, 5.41) is 0. The van der Waals surface area contributed by atoms with Gasteiger partial charge in [-0.15, -0.1) is 0 Å². The molecule has 0 spiro atoms. The van der Waals surface area contributed by atoms with E-state index in [0.29, 0.717) is 41.8 Å². The van der Waals surface area contributed by atoms with Crippen molar-refractivity contribution in [3.63, 3.8) is 0 Å². The van der Waals surface area contributed by atoms with Crippen LogP contribution in [-0.4, -0.2) is 32.6 Å². The number of nitrogens with one attached hydrogen (secondary N) is 1. The molecule has 0 radical (unpaired) electrons. The monoisotopic (exact) mass is 376 g/mol. The van der Waals surface area contributed by atoms with Gasteiger partial charge in [-0.2, -0.15) is 12.7 Å². The van der Waals surface area contributed by atoms with Gasteiger partial charge in [0, 0.05) is 19.2 Å². The molecular weight excluding hydrogens is 356 g/mol. The molecule has 2 aromatic carbocycles. The zero-order valence-corrected chi connectivity index (χ0v) is 15.0. The van der Waals surface area contributed by atoms with Crippen molar-refractivity contribution in [2.24, 2.45) is 0 Å². The van der Waals surface area contributed by atoms with Gasteiger partial charge in [0.25, 0.3) is 0 Å². The SMILES string of the molecule is O=S(=O)(Nc1ccc(Oc2ccc3c(c2)OCO3)cc1)N1CCCCC1. The summed E-state index contributed by atoms with van der Waals surface area (Å²) in [5.74, 6) is 2.56. The molecule has 1 saturated heterocycles. The maximum Gasteiger partial charge on any atom is 0.301 e. The Morgan fingerprint density at radius 1 is 0.885 bits per heavy atom. The van der Waals surface area contributed by atoms with Crippen molar-refractivity contribution in [3.05, 3.63) is 42.5 Å². The molecule has 2 aliphatic heterocycles. The van der Waals surface area contributed by atoms with Crippen LogP contribution in [0.25, 0.3) is 0 Å². The standard InChI is InChI=1S/C18H20N2O5S/c21-26(22,20-10-2-1-3-11-20)19-14-4-6-15(7-5-14)25-16-8-9-17-18(12-16)24-13-23-17/h4-9,12,19H,1-3,10-11,13H2. The van der Waals surface area contributed by atoms with Gasteiger partial charge in [0.2, 0.25) is 6.79 Å². The molecule has 0 bridgehead atoms. The van der Waals surface area contributed by atoms with Gasteiger partial charge >= 0.3 is 10.2 Å². The predicted molar refractivity (Wildman–Crippen MR) is 97.0 cm³/mol. The van der Waals surface area contributed by atoms with Gasteiger partial charge in [0.05, 0.1) is 5.69 Å². The molecule has 0 saturated carbocycles. The molecule has 1 fully saturated rings. The summed E-state index contributed by atoms with van der Waals surface area (Å²) in [5.41, 5.74) is 0.508. The van der Waals surface area contributed by atoms with Crippen LogP contribution in [0.1, 0.15) is 19.3 Å². The Hall–Kier alpha value is -2.45. The number of piperidine rings is 1. The van der Waals surface area contributed by atoms with E-state index in [1.165, 1.54) is 4.31 Å². The zero-order valence-electron chi connectivity index (χ0n) is 14.2. The smallest absolute Gasteiger partial charge is 0.301 e. The van der Waals surface area contributed by atoms with Crippen LogP contribution in [0.3, 0.4) is 0 Å². The Labute approximate surface area is 152 Å². The van der Waals surface area contributed by atoms with E-state index in [0.717, 1.165) is 19.3 Å². The highest BCUT2D eigenvalue weighted by atomic mass is 32.2. The first-order valence-electron chi connectivity index (χ1n) is 8.56. The van der Waals surface area contributed by atoms with Gasteiger partial charge in [-0.3, -0.25) is 4.72 Å². The first-order chi connectivity index (χ1) is 12.6. The Morgan fingerprint density at radius 2 is 1.58 bits per heavy atom. The summed E-state index contributed by atoms with van der Waals surface area (Å²) in [6.45, 7) is 1.35. The lowest BCUT2D eigenvalue weighted by molar-refractivity contribution is 0.174. The first kappa shape index (κ1) is 17.0. The number of fused-ring (bicyclic) bond motifs is 1. The Morgan fingerprint density at radius 3 is 2.35 bits per heavy atom. The van der Waals surface area contributed by atoms with Crippen molar-refractivity contribution in [3.8, 4) is 23.0 Å². The fourth-order valence-corrected chi connectivity index (χ4v) is 4.29. The van der Waals surface area contributed by atoms with Crippen molar-refractivity contribution in [1.29, 1.82) is 0 Å². The van der Waals surface area contributed by atoms with Crippen LogP contribution in [0.4, 0.5) is 5.69 Å². The van der Waals surface area contributed by atoms with E-state index >= 15 is 0 Å². The second-order valence-corrected chi connectivity index (χ2v) is 7.88. The van der Waals surface area contributed by atoms with E-state index in [-0.39, 0.29) is 6.79 Å². The highest BCUT2D eigenvalue weighted by Gasteiger charge is 2.23. The molecule has 8 heteroatoms. The molecule has 0 aromatic heterocycles. The summed E-state index contributed by atoms with van der Waals surface area (Å²) in [7, 11) is -3.50. The summed E-state index contributed by atoms with van der Waals surface area (Å²) in [4.78, 5) is 0. The van der Waals surface area contributed by atoms with Gasteiger partial charge in [-0.25, -0.2) is 0 Å². The molecule has 26 heavy (non-hydrogen) atoms. The number of nitrogens with zero attached hydrogens (tertiary/aromatic N) is 1. The summed E-state index contributed by atoms with van der Waals surface area (Å²) < 4.78 is 45.3. The molecule has 0 aliphatic carbocycles. The van der Waals surface area contributed by atoms with Gasteiger partial charge in [0.15, 0.2) is 11.5 Å². The van der Waals surface area contributed by atoms with Crippen molar-refractivity contribution >= 4 is 15.9 Å². The molecule has 1 N–H and O–H groups in total.